The second-order valence-electron chi connectivity index (χ2n) is 12.3. The molecule has 38 heavy (non-hydrogen) atoms. The summed E-state index contributed by atoms with van der Waals surface area (Å²) in [6.07, 6.45) is -4.01. The van der Waals surface area contributed by atoms with Crippen molar-refractivity contribution >= 4 is 17.7 Å². The molecule has 9 atom stereocenters. The highest BCUT2D eigenvalue weighted by atomic mass is 16.6. The minimum atomic E-state index is -1.91. The number of ether oxygens (including phenoxy) is 3. The molecule has 9 nitrogen and oxygen atoms in total. The number of esters is 2. The zero-order valence-electron chi connectivity index (χ0n) is 22.0. The third kappa shape index (κ3) is 3.04. The van der Waals surface area contributed by atoms with E-state index in [1.54, 1.807) is 51.1 Å². The summed E-state index contributed by atoms with van der Waals surface area (Å²) in [6.45, 7) is 6.28. The van der Waals surface area contributed by atoms with Crippen LogP contribution in [-0.2, 0) is 23.8 Å². The number of rotatable bonds is 3. The van der Waals surface area contributed by atoms with Crippen molar-refractivity contribution in [1.29, 1.82) is 0 Å². The Hall–Kier alpha value is -2.59. The van der Waals surface area contributed by atoms with Crippen molar-refractivity contribution in [3.05, 3.63) is 47.0 Å². The van der Waals surface area contributed by atoms with Gasteiger partial charge >= 0.3 is 11.9 Å². The Morgan fingerprint density at radius 1 is 1.11 bits per heavy atom. The maximum atomic E-state index is 14.3. The highest BCUT2D eigenvalue weighted by Crippen LogP contribution is 2.74. The molecular weight excluding hydrogens is 492 g/mol. The molecule has 3 saturated carbocycles. The maximum Gasteiger partial charge on any atom is 0.338 e. The molecular formula is C29H34O9. The van der Waals surface area contributed by atoms with Gasteiger partial charge in [-0.1, -0.05) is 32.0 Å². The van der Waals surface area contributed by atoms with Gasteiger partial charge in [0, 0.05) is 24.2 Å². The predicted molar refractivity (Wildman–Crippen MR) is 132 cm³/mol. The lowest BCUT2D eigenvalue weighted by molar-refractivity contribution is -0.323. The van der Waals surface area contributed by atoms with Gasteiger partial charge in [0.2, 0.25) is 0 Å². The van der Waals surface area contributed by atoms with E-state index in [1.165, 1.54) is 6.92 Å². The lowest BCUT2D eigenvalue weighted by Gasteiger charge is -2.64. The van der Waals surface area contributed by atoms with Crippen molar-refractivity contribution in [3.8, 4) is 0 Å². The molecule has 4 aliphatic carbocycles. The minimum Gasteiger partial charge on any atom is -0.455 e. The molecule has 1 aromatic rings. The molecule has 9 heteroatoms. The lowest BCUT2D eigenvalue weighted by atomic mass is 9.48. The normalized spacial score (nSPS) is 44.3. The summed E-state index contributed by atoms with van der Waals surface area (Å²) in [4.78, 5) is 40.3. The number of benzene rings is 1. The van der Waals surface area contributed by atoms with Gasteiger partial charge in [0.1, 0.15) is 23.9 Å². The van der Waals surface area contributed by atoms with E-state index in [1.807, 2.05) is 0 Å². The Balaban J connectivity index is 1.60. The highest BCUT2D eigenvalue weighted by Gasteiger charge is 2.83. The molecule has 204 valence electrons. The molecule has 1 aliphatic heterocycles. The van der Waals surface area contributed by atoms with E-state index >= 15 is 0 Å². The van der Waals surface area contributed by atoms with Gasteiger partial charge in [0.15, 0.2) is 11.4 Å². The standard InChI is InChI=1S/C29H34O9/c1-14-18(31)12-29(35)24(37-25(34)16-8-6-5-7-9-16)22-27(23(33)21(32)20(14)26(29,3)4)11-17(27)10-19-28(22,13-36-19)38-15(2)30/h5-9,17-19,21-22,24,31-32,35H,10-13H2,1-4H3/t17-,18+,19-,21-,22+,24+,27-,28+,29-/m1/s1. The van der Waals surface area contributed by atoms with Crippen LogP contribution >= 0.6 is 0 Å². The summed E-state index contributed by atoms with van der Waals surface area (Å²) < 4.78 is 18.0. The van der Waals surface area contributed by atoms with Crippen molar-refractivity contribution in [2.75, 3.05) is 6.61 Å². The quantitative estimate of drug-likeness (QED) is 0.397. The van der Waals surface area contributed by atoms with Crippen molar-refractivity contribution < 1.29 is 43.9 Å². The van der Waals surface area contributed by atoms with Gasteiger partial charge in [-0.25, -0.2) is 4.79 Å². The molecule has 0 amide bonds. The Morgan fingerprint density at radius 3 is 2.39 bits per heavy atom. The fourth-order valence-electron chi connectivity index (χ4n) is 8.27. The van der Waals surface area contributed by atoms with Gasteiger partial charge in [0.05, 0.1) is 24.2 Å². The van der Waals surface area contributed by atoms with Gasteiger partial charge in [0.25, 0.3) is 0 Å². The molecule has 3 N–H and O–H groups in total. The molecule has 1 saturated heterocycles. The van der Waals surface area contributed by atoms with Gasteiger partial charge < -0.3 is 29.5 Å². The van der Waals surface area contributed by atoms with Gasteiger partial charge in [-0.3, -0.25) is 9.59 Å². The number of ketones is 1. The van der Waals surface area contributed by atoms with E-state index in [-0.39, 0.29) is 30.1 Å². The van der Waals surface area contributed by atoms with Crippen molar-refractivity contribution in [3.63, 3.8) is 0 Å². The number of carbonyl (C=O) groups is 3. The highest BCUT2D eigenvalue weighted by molar-refractivity contribution is 5.96. The van der Waals surface area contributed by atoms with E-state index in [0.717, 1.165) is 0 Å². The van der Waals surface area contributed by atoms with E-state index in [4.69, 9.17) is 14.2 Å². The van der Waals surface area contributed by atoms with Crippen LogP contribution in [0.25, 0.3) is 0 Å². The second kappa shape index (κ2) is 7.97. The van der Waals surface area contributed by atoms with Crippen LogP contribution in [0.15, 0.2) is 41.5 Å². The molecule has 0 radical (unpaired) electrons. The number of aliphatic hydroxyl groups is 3. The van der Waals surface area contributed by atoms with Crippen LogP contribution < -0.4 is 0 Å². The fraction of sp³-hybridized carbons (Fsp3) is 0.621. The first-order valence-corrected chi connectivity index (χ1v) is 13.2. The number of Topliss-reactive ketones (excluding diaryl/α,β-unsaturated/α-hetero) is 1. The molecule has 0 unspecified atom stereocenters. The summed E-state index contributed by atoms with van der Waals surface area (Å²) in [6, 6.07) is 8.33. The molecule has 5 aliphatic rings. The van der Waals surface area contributed by atoms with Crippen molar-refractivity contribution in [2.45, 2.75) is 82.6 Å². The Labute approximate surface area is 220 Å². The largest absolute Gasteiger partial charge is 0.455 e. The summed E-state index contributed by atoms with van der Waals surface area (Å²) in [7, 11) is 0. The number of carbonyl (C=O) groups excluding carboxylic acids is 3. The summed E-state index contributed by atoms with van der Waals surface area (Å²) >= 11 is 0. The monoisotopic (exact) mass is 526 g/mol. The average molecular weight is 527 g/mol. The maximum absolute atomic E-state index is 14.3. The molecule has 1 spiro atoms. The average Bonchev–Trinajstić information content (AvgIpc) is 3.58. The first-order chi connectivity index (χ1) is 17.8. The topological polar surface area (TPSA) is 140 Å². The van der Waals surface area contributed by atoms with Crippen LogP contribution in [0.1, 0.15) is 57.3 Å². The predicted octanol–water partition coefficient (Wildman–Crippen LogP) is 1.72. The first kappa shape index (κ1) is 25.7. The Morgan fingerprint density at radius 2 is 1.79 bits per heavy atom. The molecule has 1 aromatic carbocycles. The zero-order valence-corrected chi connectivity index (χ0v) is 22.0. The van der Waals surface area contributed by atoms with Crippen molar-refractivity contribution in [2.24, 2.45) is 22.7 Å². The molecule has 1 heterocycles. The van der Waals surface area contributed by atoms with E-state index in [2.05, 4.69) is 0 Å². The van der Waals surface area contributed by atoms with Crippen LogP contribution in [0.3, 0.4) is 0 Å². The minimum absolute atomic E-state index is 0.0278. The summed E-state index contributed by atoms with van der Waals surface area (Å²) in [5.41, 5.74) is -4.79. The van der Waals surface area contributed by atoms with Crippen LogP contribution in [-0.4, -0.2) is 75.3 Å². The van der Waals surface area contributed by atoms with Crippen LogP contribution in [0.4, 0.5) is 0 Å². The van der Waals surface area contributed by atoms with Crippen molar-refractivity contribution in [1.82, 2.24) is 0 Å². The van der Waals surface area contributed by atoms with E-state index in [0.29, 0.717) is 18.4 Å². The third-order valence-corrected chi connectivity index (χ3v) is 10.3. The molecule has 2 bridgehead atoms. The van der Waals surface area contributed by atoms with Gasteiger partial charge in [-0.2, -0.15) is 0 Å². The lowest BCUT2D eigenvalue weighted by Crippen LogP contribution is -2.78. The number of hydrogen-bond donors (Lipinski definition) is 3. The van der Waals surface area contributed by atoms with Gasteiger partial charge in [-0.15, -0.1) is 0 Å². The third-order valence-electron chi connectivity index (χ3n) is 10.3. The van der Waals surface area contributed by atoms with E-state index in [9.17, 15) is 29.7 Å². The Kier molecular flexibility index (Phi) is 5.39. The van der Waals surface area contributed by atoms with E-state index < -0.39 is 70.1 Å². The number of aliphatic hydroxyl groups excluding tert-OH is 2. The van der Waals surface area contributed by atoms with Gasteiger partial charge in [-0.05, 0) is 49.0 Å². The molecule has 4 fully saturated rings. The number of fused-ring (bicyclic) bond motifs is 4. The van der Waals surface area contributed by atoms with Crippen LogP contribution in [0, 0.1) is 22.7 Å². The SMILES string of the molecule is CC(=O)O[C@@]12CO[C@@H]1C[C@@H]1C[C@@]13C(=O)[C@H](O)C1=C(C)[C@@H](O)C[C@@](O)([C@@H](OC(=O)c4ccccc4)[C@H]23)C1(C)C. The summed E-state index contributed by atoms with van der Waals surface area (Å²) in [5.74, 6) is -2.92. The zero-order chi connectivity index (χ0) is 27.4. The summed E-state index contributed by atoms with van der Waals surface area (Å²) in [5, 5.41) is 35.3. The smallest absolute Gasteiger partial charge is 0.338 e. The van der Waals surface area contributed by atoms with Crippen LogP contribution in [0.5, 0.6) is 0 Å². The first-order valence-electron chi connectivity index (χ1n) is 13.2. The Bertz CT molecular complexity index is 1250. The fourth-order valence-corrected chi connectivity index (χ4v) is 8.27. The molecule has 6 rings (SSSR count). The second-order valence-corrected chi connectivity index (χ2v) is 12.3. The number of hydrogen-bond acceptors (Lipinski definition) is 9. The molecule has 0 aromatic heterocycles. The van der Waals surface area contributed by atoms with Crippen LogP contribution in [0.2, 0.25) is 0 Å².